The fourth-order valence-corrected chi connectivity index (χ4v) is 5.28. The standard InChI is InChI=1S/C27H24N8O2/c1-33-21-11-12-34(27(36)25-20-15-37-22-10-6-5-9-18(22)23(20)29-30-25)14-19(21)24(32-33)26-31-28-16-35(26)13-17-7-3-2-4-8-17/h2-10,16H,11-15H2,1H3,(H,29,30). The number of benzene rings is 2. The number of aromatic amines is 1. The molecule has 10 heteroatoms. The molecular formula is C27H24N8O2. The van der Waals surface area contributed by atoms with Gasteiger partial charge in [-0.05, 0) is 17.7 Å². The van der Waals surface area contributed by atoms with Crippen molar-refractivity contribution in [3.8, 4) is 28.5 Å². The summed E-state index contributed by atoms with van der Waals surface area (Å²) in [7, 11) is 1.94. The number of ether oxygens (including phenoxy) is 1. The van der Waals surface area contributed by atoms with Crippen LogP contribution >= 0.6 is 0 Å². The van der Waals surface area contributed by atoms with Crippen molar-refractivity contribution in [2.75, 3.05) is 6.54 Å². The van der Waals surface area contributed by atoms with Gasteiger partial charge >= 0.3 is 0 Å². The fraction of sp³-hybridized carbons (Fsp3) is 0.222. The summed E-state index contributed by atoms with van der Waals surface area (Å²) >= 11 is 0. The maximum atomic E-state index is 13.7. The number of fused-ring (bicyclic) bond motifs is 4. The molecule has 1 N–H and O–H groups in total. The second-order valence-electron chi connectivity index (χ2n) is 9.35. The van der Waals surface area contributed by atoms with E-state index in [1.165, 1.54) is 0 Å². The molecule has 5 aromatic rings. The molecule has 0 atom stereocenters. The largest absolute Gasteiger partial charge is 0.488 e. The van der Waals surface area contributed by atoms with Gasteiger partial charge in [0.15, 0.2) is 5.82 Å². The SMILES string of the molecule is Cn1nc(-c2nncn2Cc2ccccc2)c2c1CCN(C(=O)c1[nH]nc3c1COc1ccccc1-3)C2. The third-order valence-corrected chi connectivity index (χ3v) is 7.15. The average molecular weight is 493 g/mol. The Morgan fingerprint density at radius 3 is 2.78 bits per heavy atom. The zero-order valence-corrected chi connectivity index (χ0v) is 20.3. The smallest absolute Gasteiger partial charge is 0.272 e. The third kappa shape index (κ3) is 3.52. The fourth-order valence-electron chi connectivity index (χ4n) is 5.28. The summed E-state index contributed by atoms with van der Waals surface area (Å²) in [6.07, 6.45) is 2.43. The number of H-pyrrole nitrogens is 1. The van der Waals surface area contributed by atoms with Crippen LogP contribution in [-0.4, -0.2) is 52.1 Å². The quantitative estimate of drug-likeness (QED) is 0.413. The number of aryl methyl sites for hydroxylation is 1. The zero-order chi connectivity index (χ0) is 24.9. The van der Waals surface area contributed by atoms with Crippen LogP contribution in [0.15, 0.2) is 60.9 Å². The first-order chi connectivity index (χ1) is 18.2. The van der Waals surface area contributed by atoms with Crippen LogP contribution in [0.3, 0.4) is 0 Å². The van der Waals surface area contributed by atoms with Crippen molar-refractivity contribution in [1.82, 2.24) is 39.6 Å². The van der Waals surface area contributed by atoms with Gasteiger partial charge in [-0.2, -0.15) is 10.2 Å². The molecule has 0 radical (unpaired) electrons. The van der Waals surface area contributed by atoms with Crippen molar-refractivity contribution in [3.05, 3.63) is 89.0 Å². The molecular weight excluding hydrogens is 468 g/mol. The number of hydrogen-bond acceptors (Lipinski definition) is 6. The first kappa shape index (κ1) is 21.5. The van der Waals surface area contributed by atoms with Crippen molar-refractivity contribution in [2.24, 2.45) is 7.05 Å². The van der Waals surface area contributed by atoms with Crippen LogP contribution in [0.2, 0.25) is 0 Å². The highest BCUT2D eigenvalue weighted by atomic mass is 16.5. The number of rotatable bonds is 4. The molecule has 5 heterocycles. The number of amides is 1. The molecule has 7 rings (SSSR count). The lowest BCUT2D eigenvalue weighted by Gasteiger charge is -2.28. The van der Waals surface area contributed by atoms with Gasteiger partial charge in [0.2, 0.25) is 0 Å². The van der Waals surface area contributed by atoms with E-state index in [0.29, 0.717) is 44.2 Å². The van der Waals surface area contributed by atoms with Crippen molar-refractivity contribution < 1.29 is 9.53 Å². The summed E-state index contributed by atoms with van der Waals surface area (Å²) in [6, 6.07) is 17.9. The first-order valence-corrected chi connectivity index (χ1v) is 12.2. The highest BCUT2D eigenvalue weighted by Gasteiger charge is 2.33. The van der Waals surface area contributed by atoms with Crippen LogP contribution in [0.5, 0.6) is 5.75 Å². The Kier molecular flexibility index (Phi) is 4.91. The summed E-state index contributed by atoms with van der Waals surface area (Å²) < 4.78 is 9.81. The maximum absolute atomic E-state index is 13.7. The Morgan fingerprint density at radius 2 is 1.89 bits per heavy atom. The molecule has 3 aromatic heterocycles. The van der Waals surface area contributed by atoms with Crippen molar-refractivity contribution in [3.63, 3.8) is 0 Å². The first-order valence-electron chi connectivity index (χ1n) is 12.2. The van der Waals surface area contributed by atoms with E-state index < -0.39 is 0 Å². The number of nitrogens with one attached hydrogen (secondary N) is 1. The summed E-state index contributed by atoms with van der Waals surface area (Å²) in [5, 5.41) is 20.9. The molecule has 0 bridgehead atoms. The minimum atomic E-state index is -0.0945. The molecule has 0 unspecified atom stereocenters. The Hall–Kier alpha value is -4.73. The third-order valence-electron chi connectivity index (χ3n) is 7.15. The molecule has 2 aromatic carbocycles. The van der Waals surface area contributed by atoms with Crippen molar-refractivity contribution in [2.45, 2.75) is 26.1 Å². The number of aromatic nitrogens is 7. The van der Waals surface area contributed by atoms with Crippen LogP contribution in [0.1, 0.15) is 32.9 Å². The Bertz CT molecular complexity index is 1630. The van der Waals surface area contributed by atoms with Crippen LogP contribution in [0.25, 0.3) is 22.8 Å². The van der Waals surface area contributed by atoms with Crippen molar-refractivity contribution >= 4 is 5.91 Å². The van der Waals surface area contributed by atoms with Crippen LogP contribution < -0.4 is 4.74 Å². The Balaban J connectivity index is 1.20. The summed E-state index contributed by atoms with van der Waals surface area (Å²) in [5.74, 6) is 1.38. The molecule has 0 aliphatic carbocycles. The lowest BCUT2D eigenvalue weighted by Crippen LogP contribution is -2.37. The zero-order valence-electron chi connectivity index (χ0n) is 20.3. The van der Waals surface area contributed by atoms with Gasteiger partial charge in [-0.25, -0.2) is 0 Å². The molecule has 10 nitrogen and oxygen atoms in total. The normalized spacial score (nSPS) is 14.0. The van der Waals surface area contributed by atoms with Gasteiger partial charge in [0, 0.05) is 42.4 Å². The monoisotopic (exact) mass is 492 g/mol. The molecule has 37 heavy (non-hydrogen) atoms. The van der Waals surface area contributed by atoms with Gasteiger partial charge in [0.1, 0.15) is 35.8 Å². The second-order valence-corrected chi connectivity index (χ2v) is 9.35. The van der Waals surface area contributed by atoms with Gasteiger partial charge in [0.05, 0.1) is 13.1 Å². The van der Waals surface area contributed by atoms with E-state index in [1.807, 2.05) is 63.7 Å². The Labute approximate surface area is 212 Å². The predicted molar refractivity (Wildman–Crippen MR) is 135 cm³/mol. The van der Waals surface area contributed by atoms with Gasteiger partial charge in [-0.3, -0.25) is 14.6 Å². The van der Waals surface area contributed by atoms with E-state index in [9.17, 15) is 4.79 Å². The lowest BCUT2D eigenvalue weighted by atomic mass is 10.0. The van der Waals surface area contributed by atoms with Gasteiger partial charge in [-0.15, -0.1) is 10.2 Å². The van der Waals surface area contributed by atoms with Gasteiger partial charge in [-0.1, -0.05) is 42.5 Å². The summed E-state index contributed by atoms with van der Waals surface area (Å²) in [6.45, 7) is 1.97. The minimum Gasteiger partial charge on any atom is -0.488 e. The van der Waals surface area contributed by atoms with Crippen molar-refractivity contribution in [1.29, 1.82) is 0 Å². The molecule has 0 saturated carbocycles. The summed E-state index contributed by atoms with van der Waals surface area (Å²) in [5.41, 5.74) is 6.96. The van der Waals surface area contributed by atoms with E-state index in [-0.39, 0.29) is 5.91 Å². The molecule has 0 fully saturated rings. The minimum absolute atomic E-state index is 0.0945. The number of para-hydroxylation sites is 1. The number of carbonyl (C=O) groups excluding carboxylic acids is 1. The topological polar surface area (TPSA) is 107 Å². The van der Waals surface area contributed by atoms with Crippen LogP contribution in [0, 0.1) is 0 Å². The van der Waals surface area contributed by atoms with Crippen LogP contribution in [0.4, 0.5) is 0 Å². The predicted octanol–water partition coefficient (Wildman–Crippen LogP) is 3.21. The average Bonchev–Trinajstić information content (AvgIpc) is 3.66. The second kappa shape index (κ2) is 8.44. The van der Waals surface area contributed by atoms with E-state index in [1.54, 1.807) is 6.33 Å². The molecule has 1 amide bonds. The van der Waals surface area contributed by atoms with Crippen LogP contribution in [-0.2, 0) is 33.2 Å². The molecule has 2 aliphatic heterocycles. The van der Waals surface area contributed by atoms with Gasteiger partial charge < -0.3 is 14.2 Å². The molecule has 184 valence electrons. The van der Waals surface area contributed by atoms with Gasteiger partial charge in [0.25, 0.3) is 5.91 Å². The highest BCUT2D eigenvalue weighted by molar-refractivity contribution is 5.96. The van der Waals surface area contributed by atoms with E-state index in [0.717, 1.165) is 45.1 Å². The maximum Gasteiger partial charge on any atom is 0.272 e. The number of nitrogens with zero attached hydrogens (tertiary/aromatic N) is 7. The number of carbonyl (C=O) groups is 1. The van der Waals surface area contributed by atoms with E-state index in [4.69, 9.17) is 9.84 Å². The number of hydrogen-bond donors (Lipinski definition) is 1. The summed E-state index contributed by atoms with van der Waals surface area (Å²) in [4.78, 5) is 15.6. The lowest BCUT2D eigenvalue weighted by molar-refractivity contribution is 0.0725. The highest BCUT2D eigenvalue weighted by Crippen LogP contribution is 2.38. The van der Waals surface area contributed by atoms with E-state index in [2.05, 4.69) is 32.5 Å². The molecule has 0 spiro atoms. The van der Waals surface area contributed by atoms with E-state index >= 15 is 0 Å². The Morgan fingerprint density at radius 1 is 1.05 bits per heavy atom. The molecule has 2 aliphatic rings. The molecule has 0 saturated heterocycles.